The molecule has 1 saturated heterocycles. The summed E-state index contributed by atoms with van der Waals surface area (Å²) in [6.45, 7) is 16.7. The van der Waals surface area contributed by atoms with E-state index in [4.69, 9.17) is 4.74 Å². The highest BCUT2D eigenvalue weighted by Crippen LogP contribution is 2.50. The van der Waals surface area contributed by atoms with Gasteiger partial charge in [0.2, 0.25) is 0 Å². The molecule has 0 spiro atoms. The van der Waals surface area contributed by atoms with E-state index in [1.54, 1.807) is 0 Å². The van der Waals surface area contributed by atoms with Crippen LogP contribution in [0.5, 0.6) is 0 Å². The highest BCUT2D eigenvalue weighted by atomic mass is 16.6. The van der Waals surface area contributed by atoms with Crippen LogP contribution in [0.4, 0.5) is 0 Å². The van der Waals surface area contributed by atoms with Crippen LogP contribution in [0, 0.1) is 23.7 Å². The molecule has 0 amide bonds. The first-order chi connectivity index (χ1) is 9.49. The minimum Gasteiger partial charge on any atom is -0.459 e. The van der Waals surface area contributed by atoms with Gasteiger partial charge < -0.3 is 4.74 Å². The van der Waals surface area contributed by atoms with E-state index in [9.17, 15) is 4.79 Å². The fourth-order valence-corrected chi connectivity index (χ4v) is 3.81. The Hall–Kier alpha value is -0.530. The highest BCUT2D eigenvalue weighted by Gasteiger charge is 2.53. The summed E-state index contributed by atoms with van der Waals surface area (Å²) in [6, 6.07) is 0. The number of esters is 1. The maximum absolute atomic E-state index is 11.9. The van der Waals surface area contributed by atoms with Crippen LogP contribution >= 0.6 is 0 Å². The summed E-state index contributed by atoms with van der Waals surface area (Å²) in [4.78, 5) is 11.9. The van der Waals surface area contributed by atoms with Gasteiger partial charge in [0.1, 0.15) is 5.60 Å². The molecule has 1 aliphatic heterocycles. The molecule has 1 aliphatic carbocycles. The largest absolute Gasteiger partial charge is 0.459 e. The normalized spacial score (nSPS) is 33.9. The molecule has 2 heteroatoms. The van der Waals surface area contributed by atoms with E-state index in [0.717, 1.165) is 18.3 Å². The number of fused-ring (bicyclic) bond motifs is 1. The topological polar surface area (TPSA) is 26.3 Å². The molecule has 1 saturated carbocycles. The quantitative estimate of drug-likeness (QED) is 0.630. The van der Waals surface area contributed by atoms with E-state index in [2.05, 4.69) is 27.7 Å². The van der Waals surface area contributed by atoms with Crippen LogP contribution in [0.3, 0.4) is 0 Å². The monoisotopic (exact) mass is 284 g/mol. The lowest BCUT2D eigenvalue weighted by Crippen LogP contribution is -2.38. The molecule has 4 atom stereocenters. The maximum atomic E-state index is 11.9. The summed E-state index contributed by atoms with van der Waals surface area (Å²) >= 11 is 0. The zero-order valence-corrected chi connectivity index (χ0v) is 15.0. The molecule has 20 heavy (non-hydrogen) atoms. The van der Waals surface area contributed by atoms with E-state index in [-0.39, 0.29) is 17.5 Å². The van der Waals surface area contributed by atoms with E-state index < -0.39 is 0 Å². The standard InChI is InChI=1S/C14H24O2.2C2H6/c1-5-9-7-11-12(8-10(9)6-2)14(3,4)16-13(11)15;2*1-2/h9-12H,5-8H2,1-4H3;2*1-2H3. The lowest BCUT2D eigenvalue weighted by molar-refractivity contribution is -0.148. The van der Waals surface area contributed by atoms with Crippen LogP contribution in [0.2, 0.25) is 0 Å². The Balaban J connectivity index is 0.000000829. The number of hydrogen-bond acceptors (Lipinski definition) is 2. The average molecular weight is 284 g/mol. The minimum atomic E-state index is -0.228. The molecule has 2 aliphatic rings. The van der Waals surface area contributed by atoms with E-state index in [1.807, 2.05) is 27.7 Å². The second kappa shape index (κ2) is 8.69. The van der Waals surface area contributed by atoms with Gasteiger partial charge >= 0.3 is 5.97 Å². The van der Waals surface area contributed by atoms with Crippen molar-refractivity contribution in [2.45, 2.75) is 86.7 Å². The van der Waals surface area contributed by atoms with Gasteiger partial charge in [0, 0.05) is 5.92 Å². The third-order valence-corrected chi connectivity index (χ3v) is 4.87. The van der Waals surface area contributed by atoms with Crippen molar-refractivity contribution < 1.29 is 9.53 Å². The van der Waals surface area contributed by atoms with Gasteiger partial charge in [0.05, 0.1) is 5.92 Å². The third kappa shape index (κ3) is 3.99. The molecule has 4 unspecified atom stereocenters. The fraction of sp³-hybridized carbons (Fsp3) is 0.944. The number of cyclic esters (lactones) is 1. The van der Waals surface area contributed by atoms with Crippen molar-refractivity contribution in [3.8, 4) is 0 Å². The van der Waals surface area contributed by atoms with Crippen molar-refractivity contribution in [2.75, 3.05) is 0 Å². The smallest absolute Gasteiger partial charge is 0.309 e. The summed E-state index contributed by atoms with van der Waals surface area (Å²) < 4.78 is 5.54. The Bertz CT molecular complexity index is 283. The molecular formula is C18H36O2. The zero-order valence-electron chi connectivity index (χ0n) is 15.0. The van der Waals surface area contributed by atoms with Gasteiger partial charge in [-0.25, -0.2) is 0 Å². The van der Waals surface area contributed by atoms with Crippen LogP contribution in [0.25, 0.3) is 0 Å². The van der Waals surface area contributed by atoms with Gasteiger partial charge in [-0.1, -0.05) is 54.4 Å². The highest BCUT2D eigenvalue weighted by molar-refractivity contribution is 5.76. The predicted molar refractivity (Wildman–Crippen MR) is 86.6 cm³/mol. The van der Waals surface area contributed by atoms with Crippen LogP contribution in [-0.2, 0) is 9.53 Å². The van der Waals surface area contributed by atoms with Crippen molar-refractivity contribution in [3.63, 3.8) is 0 Å². The minimum absolute atomic E-state index is 0.0583. The molecule has 2 fully saturated rings. The lowest BCUT2D eigenvalue weighted by Gasteiger charge is -2.39. The van der Waals surface area contributed by atoms with Gasteiger partial charge in [-0.15, -0.1) is 0 Å². The molecule has 0 radical (unpaired) electrons. The Labute approximate surface area is 126 Å². The van der Waals surface area contributed by atoms with Crippen molar-refractivity contribution in [2.24, 2.45) is 23.7 Å². The summed E-state index contributed by atoms with van der Waals surface area (Å²) in [5.41, 5.74) is -0.228. The van der Waals surface area contributed by atoms with Crippen LogP contribution in [0.15, 0.2) is 0 Å². The van der Waals surface area contributed by atoms with Crippen LogP contribution in [0.1, 0.15) is 81.1 Å². The Morgan fingerprint density at radius 1 is 1.00 bits per heavy atom. The summed E-state index contributed by atoms with van der Waals surface area (Å²) in [6.07, 6.45) is 4.68. The average Bonchev–Trinajstić information content (AvgIpc) is 2.71. The lowest BCUT2D eigenvalue weighted by atomic mass is 9.64. The number of ether oxygens (including phenoxy) is 1. The van der Waals surface area contributed by atoms with Crippen molar-refractivity contribution in [3.05, 3.63) is 0 Å². The molecule has 0 bridgehead atoms. The van der Waals surface area contributed by atoms with Crippen molar-refractivity contribution in [1.29, 1.82) is 0 Å². The van der Waals surface area contributed by atoms with E-state index in [1.165, 1.54) is 19.3 Å². The van der Waals surface area contributed by atoms with Gasteiger partial charge in [0.15, 0.2) is 0 Å². The van der Waals surface area contributed by atoms with Crippen molar-refractivity contribution >= 4 is 5.97 Å². The summed E-state index contributed by atoms with van der Waals surface area (Å²) in [5, 5.41) is 0. The number of rotatable bonds is 2. The number of carbonyl (C=O) groups is 1. The Morgan fingerprint density at radius 2 is 1.45 bits per heavy atom. The van der Waals surface area contributed by atoms with Crippen LogP contribution < -0.4 is 0 Å². The number of carbonyl (C=O) groups excluding carboxylic acids is 1. The SMILES string of the molecule is CC.CC.CCC1CC2C(=O)OC(C)(C)C2CC1CC. The summed E-state index contributed by atoms with van der Waals surface area (Å²) in [7, 11) is 0. The molecule has 1 heterocycles. The van der Waals surface area contributed by atoms with E-state index in [0.29, 0.717) is 5.92 Å². The molecular weight excluding hydrogens is 248 g/mol. The summed E-state index contributed by atoms with van der Waals surface area (Å²) in [5.74, 6) is 2.21. The fourth-order valence-electron chi connectivity index (χ4n) is 3.81. The van der Waals surface area contributed by atoms with Gasteiger partial charge in [-0.05, 0) is 38.5 Å². The van der Waals surface area contributed by atoms with Gasteiger partial charge in [0.25, 0.3) is 0 Å². The first-order valence-corrected chi connectivity index (χ1v) is 8.72. The molecule has 0 aromatic heterocycles. The molecule has 2 rings (SSSR count). The maximum Gasteiger partial charge on any atom is 0.309 e. The molecule has 120 valence electrons. The molecule has 0 N–H and O–H groups in total. The van der Waals surface area contributed by atoms with Gasteiger partial charge in [-0.2, -0.15) is 0 Å². The molecule has 0 aromatic carbocycles. The molecule has 0 aromatic rings. The number of hydrogen-bond donors (Lipinski definition) is 0. The van der Waals surface area contributed by atoms with Crippen LogP contribution in [-0.4, -0.2) is 11.6 Å². The van der Waals surface area contributed by atoms with Crippen molar-refractivity contribution in [1.82, 2.24) is 0 Å². The second-order valence-corrected chi connectivity index (χ2v) is 6.05. The predicted octanol–water partition coefficient (Wildman–Crippen LogP) is 5.45. The first-order valence-electron chi connectivity index (χ1n) is 8.72. The van der Waals surface area contributed by atoms with Gasteiger partial charge in [-0.3, -0.25) is 4.79 Å². The first kappa shape index (κ1) is 19.5. The Kier molecular flexibility index (Phi) is 8.46. The third-order valence-electron chi connectivity index (χ3n) is 4.87. The van der Waals surface area contributed by atoms with E-state index >= 15 is 0 Å². The zero-order chi connectivity index (χ0) is 15.9. The Morgan fingerprint density at radius 3 is 1.90 bits per heavy atom. The second-order valence-electron chi connectivity index (χ2n) is 6.05. The molecule has 2 nitrogen and oxygen atoms in total.